The Labute approximate surface area is 163 Å². The van der Waals surface area contributed by atoms with Crippen molar-refractivity contribution in [1.82, 2.24) is 14.2 Å². The van der Waals surface area contributed by atoms with Gasteiger partial charge in [0, 0.05) is 31.2 Å². The summed E-state index contributed by atoms with van der Waals surface area (Å²) in [5, 5.41) is 3.86. The van der Waals surface area contributed by atoms with Crippen LogP contribution < -0.4 is 5.32 Å². The minimum Gasteiger partial charge on any atom is -0.379 e. The molecule has 0 bridgehead atoms. The van der Waals surface area contributed by atoms with E-state index in [1.807, 2.05) is 30.3 Å². The lowest BCUT2D eigenvalue weighted by Crippen LogP contribution is -2.40. The SMILES string of the molecule is O=C(NCc1ccc(S(=O)(=O)N2CCOCC2)cc1)n1ccc2ccccc21. The first-order chi connectivity index (χ1) is 13.6. The van der Waals surface area contributed by atoms with Crippen molar-refractivity contribution in [2.75, 3.05) is 26.3 Å². The highest BCUT2D eigenvalue weighted by molar-refractivity contribution is 7.89. The number of hydrogen-bond donors (Lipinski definition) is 1. The number of fused-ring (bicyclic) bond motifs is 1. The summed E-state index contributed by atoms with van der Waals surface area (Å²) in [6.07, 6.45) is 1.73. The molecule has 1 aliphatic rings. The standard InChI is InChI=1S/C20H21N3O4S/c24-20(23-10-9-17-3-1-2-4-19(17)23)21-15-16-5-7-18(8-6-16)28(25,26)22-11-13-27-14-12-22/h1-10H,11-15H2,(H,21,24). The smallest absolute Gasteiger partial charge is 0.326 e. The fourth-order valence-corrected chi connectivity index (χ4v) is 4.65. The minimum absolute atomic E-state index is 0.230. The lowest BCUT2D eigenvalue weighted by Gasteiger charge is -2.26. The van der Waals surface area contributed by atoms with E-state index in [0.29, 0.717) is 32.8 Å². The molecule has 0 spiro atoms. The Morgan fingerprint density at radius 1 is 1.00 bits per heavy atom. The number of benzene rings is 2. The van der Waals surface area contributed by atoms with Crippen molar-refractivity contribution in [2.24, 2.45) is 0 Å². The largest absolute Gasteiger partial charge is 0.379 e. The van der Waals surface area contributed by atoms with Gasteiger partial charge in [0.15, 0.2) is 0 Å². The number of hydrogen-bond acceptors (Lipinski definition) is 4. The molecular weight excluding hydrogens is 378 g/mol. The first-order valence-electron chi connectivity index (χ1n) is 9.07. The molecule has 8 heteroatoms. The van der Waals surface area contributed by atoms with Gasteiger partial charge in [-0.25, -0.2) is 13.2 Å². The molecule has 2 heterocycles. The van der Waals surface area contributed by atoms with Crippen LogP contribution in [0, 0.1) is 0 Å². The van der Waals surface area contributed by atoms with Crippen LogP contribution >= 0.6 is 0 Å². The summed E-state index contributed by atoms with van der Waals surface area (Å²) in [5.74, 6) is 0. The van der Waals surface area contributed by atoms with Gasteiger partial charge >= 0.3 is 6.03 Å². The normalized spacial score (nSPS) is 15.6. The van der Waals surface area contributed by atoms with Crippen molar-refractivity contribution in [3.05, 3.63) is 66.4 Å². The van der Waals surface area contributed by atoms with Crippen LogP contribution in [0.5, 0.6) is 0 Å². The van der Waals surface area contributed by atoms with Crippen LogP contribution in [0.3, 0.4) is 0 Å². The summed E-state index contributed by atoms with van der Waals surface area (Å²) < 4.78 is 33.5. The van der Waals surface area contributed by atoms with E-state index in [0.717, 1.165) is 16.5 Å². The second-order valence-electron chi connectivity index (χ2n) is 6.56. The van der Waals surface area contributed by atoms with Gasteiger partial charge in [0.25, 0.3) is 0 Å². The van der Waals surface area contributed by atoms with Crippen molar-refractivity contribution < 1.29 is 17.9 Å². The molecular formula is C20H21N3O4S. The average Bonchev–Trinajstić information content (AvgIpc) is 3.17. The first kappa shape index (κ1) is 18.7. The van der Waals surface area contributed by atoms with Gasteiger partial charge in [-0.1, -0.05) is 30.3 Å². The molecule has 4 rings (SSSR count). The summed E-state index contributed by atoms with van der Waals surface area (Å²) in [4.78, 5) is 12.7. The zero-order valence-corrected chi connectivity index (χ0v) is 16.1. The van der Waals surface area contributed by atoms with Crippen LogP contribution in [0.25, 0.3) is 10.9 Å². The van der Waals surface area contributed by atoms with Gasteiger partial charge in [0.1, 0.15) is 0 Å². The van der Waals surface area contributed by atoms with Crippen molar-refractivity contribution in [1.29, 1.82) is 0 Å². The number of amides is 1. The van der Waals surface area contributed by atoms with Crippen LogP contribution in [0.4, 0.5) is 4.79 Å². The van der Waals surface area contributed by atoms with Crippen LogP contribution in [0.15, 0.2) is 65.7 Å². The Morgan fingerprint density at radius 3 is 2.46 bits per heavy atom. The summed E-state index contributed by atoms with van der Waals surface area (Å²) >= 11 is 0. The molecule has 1 aromatic heterocycles. The molecule has 7 nitrogen and oxygen atoms in total. The molecule has 3 aromatic rings. The summed E-state index contributed by atoms with van der Waals surface area (Å²) in [7, 11) is -3.51. The molecule has 1 aliphatic heterocycles. The zero-order valence-electron chi connectivity index (χ0n) is 15.2. The molecule has 0 aliphatic carbocycles. The van der Waals surface area contributed by atoms with Gasteiger partial charge in [-0.2, -0.15) is 4.31 Å². The molecule has 0 atom stereocenters. The van der Waals surface area contributed by atoms with Crippen molar-refractivity contribution in [2.45, 2.75) is 11.4 Å². The van der Waals surface area contributed by atoms with Gasteiger partial charge in [0.05, 0.1) is 23.6 Å². The Kier molecular flexibility index (Phi) is 5.17. The number of ether oxygens (including phenoxy) is 1. The third-order valence-corrected chi connectivity index (χ3v) is 6.71. The van der Waals surface area contributed by atoms with E-state index < -0.39 is 10.0 Å². The van der Waals surface area contributed by atoms with Gasteiger partial charge < -0.3 is 10.1 Å². The van der Waals surface area contributed by atoms with E-state index in [4.69, 9.17) is 4.74 Å². The maximum atomic E-state index is 12.6. The van der Waals surface area contributed by atoms with E-state index in [2.05, 4.69) is 5.32 Å². The Morgan fingerprint density at radius 2 is 1.71 bits per heavy atom. The molecule has 146 valence electrons. The number of aromatic nitrogens is 1. The van der Waals surface area contributed by atoms with E-state index in [1.165, 1.54) is 4.31 Å². The molecule has 1 saturated heterocycles. The quantitative estimate of drug-likeness (QED) is 0.731. The van der Waals surface area contributed by atoms with Crippen molar-refractivity contribution in [3.63, 3.8) is 0 Å². The monoisotopic (exact) mass is 399 g/mol. The van der Waals surface area contributed by atoms with E-state index in [-0.39, 0.29) is 10.9 Å². The molecule has 1 N–H and O–H groups in total. The highest BCUT2D eigenvalue weighted by atomic mass is 32.2. The fourth-order valence-electron chi connectivity index (χ4n) is 3.24. The number of morpholine rings is 1. The minimum atomic E-state index is -3.51. The topological polar surface area (TPSA) is 80.6 Å². The van der Waals surface area contributed by atoms with Crippen LogP contribution in [0.2, 0.25) is 0 Å². The van der Waals surface area contributed by atoms with E-state index in [1.54, 1.807) is 35.0 Å². The molecule has 1 fully saturated rings. The van der Waals surface area contributed by atoms with Crippen molar-refractivity contribution in [3.8, 4) is 0 Å². The van der Waals surface area contributed by atoms with E-state index in [9.17, 15) is 13.2 Å². The van der Waals surface area contributed by atoms with Gasteiger partial charge in [0.2, 0.25) is 10.0 Å². The van der Waals surface area contributed by atoms with Gasteiger partial charge in [-0.3, -0.25) is 4.57 Å². The molecule has 2 aromatic carbocycles. The number of carbonyl (C=O) groups excluding carboxylic acids is 1. The van der Waals surface area contributed by atoms with Crippen LogP contribution in [-0.2, 0) is 21.3 Å². The van der Waals surface area contributed by atoms with Gasteiger partial charge in [-0.05, 0) is 29.8 Å². The number of nitrogens with zero attached hydrogens (tertiary/aromatic N) is 2. The second kappa shape index (κ2) is 7.75. The van der Waals surface area contributed by atoms with Crippen LogP contribution in [0.1, 0.15) is 5.56 Å². The lowest BCUT2D eigenvalue weighted by molar-refractivity contribution is 0.0730. The molecule has 1 amide bonds. The number of carbonyl (C=O) groups is 1. The molecule has 0 unspecified atom stereocenters. The maximum absolute atomic E-state index is 12.6. The zero-order chi connectivity index (χ0) is 19.6. The molecule has 28 heavy (non-hydrogen) atoms. The predicted molar refractivity (Wildman–Crippen MR) is 106 cm³/mol. The fraction of sp³-hybridized carbons (Fsp3) is 0.250. The summed E-state index contributed by atoms with van der Waals surface area (Å²) in [6, 6.07) is 15.9. The molecule has 0 radical (unpaired) electrons. The van der Waals surface area contributed by atoms with E-state index >= 15 is 0 Å². The Balaban J connectivity index is 1.42. The summed E-state index contributed by atoms with van der Waals surface area (Å²) in [6.45, 7) is 1.87. The Bertz CT molecular complexity index is 1080. The molecule has 0 saturated carbocycles. The third-order valence-electron chi connectivity index (χ3n) is 4.79. The van der Waals surface area contributed by atoms with Gasteiger partial charge in [-0.15, -0.1) is 0 Å². The van der Waals surface area contributed by atoms with Crippen LogP contribution in [-0.4, -0.2) is 49.6 Å². The Hall–Kier alpha value is -2.68. The third kappa shape index (κ3) is 3.66. The average molecular weight is 399 g/mol. The maximum Gasteiger partial charge on any atom is 0.326 e. The highest BCUT2D eigenvalue weighted by Gasteiger charge is 2.26. The number of rotatable bonds is 4. The first-order valence-corrected chi connectivity index (χ1v) is 10.5. The highest BCUT2D eigenvalue weighted by Crippen LogP contribution is 2.18. The number of para-hydroxylation sites is 1. The number of nitrogens with one attached hydrogen (secondary N) is 1. The summed E-state index contributed by atoms with van der Waals surface area (Å²) in [5.41, 5.74) is 1.66. The second-order valence-corrected chi connectivity index (χ2v) is 8.50. The number of sulfonamides is 1. The van der Waals surface area contributed by atoms with Crippen molar-refractivity contribution >= 4 is 27.0 Å². The predicted octanol–water partition coefficient (Wildman–Crippen LogP) is 2.42. The lowest BCUT2D eigenvalue weighted by atomic mass is 10.2.